The van der Waals surface area contributed by atoms with Crippen molar-refractivity contribution in [3.05, 3.63) is 102 Å². The molecule has 3 heterocycles. The van der Waals surface area contributed by atoms with Crippen LogP contribution in [-0.4, -0.2) is 44.2 Å². The topological polar surface area (TPSA) is 72.2 Å². The smallest absolute Gasteiger partial charge is 0.256 e. The minimum Gasteiger partial charge on any atom is -0.348 e. The summed E-state index contributed by atoms with van der Waals surface area (Å²) in [4.78, 5) is 27.9. The molecule has 2 aromatic heterocycles. The Hall–Kier alpha value is -4.20. The molecular weight excluding hydrogens is 445 g/mol. The summed E-state index contributed by atoms with van der Waals surface area (Å²) in [5.41, 5.74) is 2.01. The molecule has 2 amide bonds. The van der Waals surface area contributed by atoms with Gasteiger partial charge in [-0.2, -0.15) is 5.10 Å². The summed E-state index contributed by atoms with van der Waals surface area (Å²) < 4.78 is 17.7. The molecule has 0 aliphatic carbocycles. The molecule has 1 N–H and O–H groups in total. The number of likely N-dealkylation sites (tertiary alicyclic amines) is 1. The molecule has 1 aliphatic heterocycles. The number of amides is 2. The summed E-state index contributed by atoms with van der Waals surface area (Å²) in [6, 6.07) is 17.3. The molecular formula is C27H26FN5O2. The van der Waals surface area contributed by atoms with Crippen LogP contribution in [0.5, 0.6) is 0 Å². The molecule has 35 heavy (non-hydrogen) atoms. The number of para-hydroxylation sites is 1. The van der Waals surface area contributed by atoms with Crippen LogP contribution in [0.15, 0.2) is 79.3 Å². The monoisotopic (exact) mass is 471 g/mol. The van der Waals surface area contributed by atoms with Crippen LogP contribution in [-0.2, 0) is 6.54 Å². The zero-order valence-electron chi connectivity index (χ0n) is 19.2. The Morgan fingerprint density at radius 2 is 1.71 bits per heavy atom. The lowest BCUT2D eigenvalue weighted by atomic mass is 10.1. The fourth-order valence-electron chi connectivity index (χ4n) is 4.40. The Bertz CT molecular complexity index is 1340. The van der Waals surface area contributed by atoms with Gasteiger partial charge in [0.05, 0.1) is 6.20 Å². The number of hydrogen-bond acceptors (Lipinski definition) is 3. The quantitative estimate of drug-likeness (QED) is 0.454. The average molecular weight is 472 g/mol. The number of rotatable bonds is 6. The van der Waals surface area contributed by atoms with Gasteiger partial charge < -0.3 is 14.8 Å². The number of piperidine rings is 1. The molecule has 0 saturated carbocycles. The summed E-state index contributed by atoms with van der Waals surface area (Å²) in [6.07, 6.45) is 8.22. The molecule has 0 radical (unpaired) electrons. The van der Waals surface area contributed by atoms with Gasteiger partial charge in [-0.05, 0) is 61.2 Å². The van der Waals surface area contributed by atoms with Crippen molar-refractivity contribution in [1.82, 2.24) is 24.6 Å². The Kier molecular flexibility index (Phi) is 6.43. The Morgan fingerprint density at radius 1 is 0.943 bits per heavy atom. The van der Waals surface area contributed by atoms with Crippen LogP contribution in [0, 0.1) is 5.82 Å². The van der Waals surface area contributed by atoms with Crippen molar-refractivity contribution < 1.29 is 14.0 Å². The first-order valence-corrected chi connectivity index (χ1v) is 11.7. The zero-order chi connectivity index (χ0) is 24.2. The molecule has 4 aromatic rings. The number of hydrogen-bond donors (Lipinski definition) is 1. The number of carbonyl (C=O) groups is 2. The molecule has 5 rings (SSSR count). The van der Waals surface area contributed by atoms with E-state index in [0.29, 0.717) is 16.9 Å². The third kappa shape index (κ3) is 4.73. The fraction of sp³-hybridized carbons (Fsp3) is 0.222. The maximum atomic E-state index is 14.5. The standard InChI is InChI=1S/C27H26FN5O2/c28-23-11-2-3-12-24(23)33-26(31-13-6-7-14-31)22(19-30-33)25(34)29-18-20-9-8-10-21(17-20)27(35)32-15-4-1-5-16-32/h2-3,6-14,17,19H,1,4-5,15-16,18H2,(H,29,34). The lowest BCUT2D eigenvalue weighted by Crippen LogP contribution is -2.35. The van der Waals surface area contributed by atoms with Crippen LogP contribution in [0.1, 0.15) is 45.5 Å². The van der Waals surface area contributed by atoms with Crippen molar-refractivity contribution >= 4 is 11.8 Å². The highest BCUT2D eigenvalue weighted by atomic mass is 19.1. The number of halogens is 1. The van der Waals surface area contributed by atoms with Crippen molar-refractivity contribution in [2.24, 2.45) is 0 Å². The van der Waals surface area contributed by atoms with E-state index in [-0.39, 0.29) is 24.0 Å². The number of nitrogens with one attached hydrogen (secondary N) is 1. The minimum absolute atomic E-state index is 0.0268. The first-order chi connectivity index (χ1) is 17.1. The van der Waals surface area contributed by atoms with Crippen molar-refractivity contribution in [3.63, 3.8) is 0 Å². The molecule has 7 nitrogen and oxygen atoms in total. The lowest BCUT2D eigenvalue weighted by molar-refractivity contribution is 0.0724. The minimum atomic E-state index is -0.439. The van der Waals surface area contributed by atoms with Crippen LogP contribution in [0.3, 0.4) is 0 Å². The first kappa shape index (κ1) is 22.6. The van der Waals surface area contributed by atoms with Gasteiger partial charge >= 0.3 is 0 Å². The molecule has 8 heteroatoms. The molecule has 1 fully saturated rings. The number of carbonyl (C=O) groups excluding carboxylic acids is 2. The highest BCUT2D eigenvalue weighted by molar-refractivity contribution is 5.97. The maximum absolute atomic E-state index is 14.5. The average Bonchev–Trinajstić information content (AvgIpc) is 3.58. The third-order valence-electron chi connectivity index (χ3n) is 6.19. The van der Waals surface area contributed by atoms with Crippen molar-refractivity contribution in [2.75, 3.05) is 13.1 Å². The van der Waals surface area contributed by atoms with Gasteiger partial charge in [-0.15, -0.1) is 0 Å². The molecule has 2 aromatic carbocycles. The van der Waals surface area contributed by atoms with Crippen LogP contribution in [0.4, 0.5) is 4.39 Å². The van der Waals surface area contributed by atoms with E-state index >= 15 is 0 Å². The van der Waals surface area contributed by atoms with Crippen molar-refractivity contribution in [1.29, 1.82) is 0 Å². The van der Waals surface area contributed by atoms with Gasteiger partial charge in [-0.1, -0.05) is 24.3 Å². The molecule has 0 bridgehead atoms. The Morgan fingerprint density at radius 3 is 2.49 bits per heavy atom. The first-order valence-electron chi connectivity index (χ1n) is 11.7. The van der Waals surface area contributed by atoms with Gasteiger partial charge in [0.25, 0.3) is 11.8 Å². The maximum Gasteiger partial charge on any atom is 0.256 e. The predicted octanol–water partition coefficient (Wildman–Crippen LogP) is 4.36. The number of benzene rings is 2. The van der Waals surface area contributed by atoms with E-state index in [1.807, 2.05) is 41.3 Å². The molecule has 1 saturated heterocycles. The molecule has 1 aliphatic rings. The zero-order valence-corrected chi connectivity index (χ0v) is 19.2. The normalized spacial score (nSPS) is 13.6. The van der Waals surface area contributed by atoms with Gasteiger partial charge in [0.2, 0.25) is 0 Å². The third-order valence-corrected chi connectivity index (χ3v) is 6.19. The fourth-order valence-corrected chi connectivity index (χ4v) is 4.40. The molecule has 178 valence electrons. The van der Waals surface area contributed by atoms with E-state index in [0.717, 1.165) is 37.9 Å². The van der Waals surface area contributed by atoms with Crippen LogP contribution in [0.25, 0.3) is 11.5 Å². The number of aromatic nitrogens is 3. The second-order valence-electron chi connectivity index (χ2n) is 8.57. The summed E-state index contributed by atoms with van der Waals surface area (Å²) in [7, 11) is 0. The van der Waals surface area contributed by atoms with E-state index in [2.05, 4.69) is 10.4 Å². The molecule has 0 atom stereocenters. The van der Waals surface area contributed by atoms with Crippen molar-refractivity contribution in [2.45, 2.75) is 25.8 Å². The van der Waals surface area contributed by atoms with Crippen LogP contribution in [0.2, 0.25) is 0 Å². The lowest BCUT2D eigenvalue weighted by Gasteiger charge is -2.26. The van der Waals surface area contributed by atoms with Gasteiger partial charge in [-0.25, -0.2) is 9.07 Å². The van der Waals surface area contributed by atoms with Crippen molar-refractivity contribution in [3.8, 4) is 11.5 Å². The van der Waals surface area contributed by atoms with Gasteiger partial charge in [0, 0.05) is 37.6 Å². The largest absolute Gasteiger partial charge is 0.348 e. The molecule has 0 unspecified atom stereocenters. The second kappa shape index (κ2) is 9.97. The van der Waals surface area contributed by atoms with E-state index in [1.54, 1.807) is 35.2 Å². The summed E-state index contributed by atoms with van der Waals surface area (Å²) >= 11 is 0. The Labute approximate surface area is 202 Å². The highest BCUT2D eigenvalue weighted by Gasteiger charge is 2.22. The van der Waals surface area contributed by atoms with E-state index in [9.17, 15) is 14.0 Å². The van der Waals surface area contributed by atoms with Gasteiger partial charge in [-0.3, -0.25) is 9.59 Å². The highest BCUT2D eigenvalue weighted by Crippen LogP contribution is 2.22. The SMILES string of the molecule is O=C(NCc1cccc(C(=O)N2CCCCC2)c1)c1cnn(-c2ccccc2F)c1-n1cccc1. The summed E-state index contributed by atoms with van der Waals surface area (Å²) in [5.74, 6) is -0.319. The van der Waals surface area contributed by atoms with E-state index < -0.39 is 5.82 Å². The van der Waals surface area contributed by atoms with Gasteiger partial charge in [0.1, 0.15) is 17.1 Å². The van der Waals surface area contributed by atoms with E-state index in [1.165, 1.54) is 16.9 Å². The predicted molar refractivity (Wildman–Crippen MR) is 130 cm³/mol. The second-order valence-corrected chi connectivity index (χ2v) is 8.57. The van der Waals surface area contributed by atoms with Gasteiger partial charge in [0.15, 0.2) is 5.82 Å². The summed E-state index contributed by atoms with van der Waals surface area (Å²) in [6.45, 7) is 1.82. The van der Waals surface area contributed by atoms with E-state index in [4.69, 9.17) is 0 Å². The van der Waals surface area contributed by atoms with Crippen LogP contribution < -0.4 is 5.32 Å². The Balaban J connectivity index is 1.36. The molecule has 0 spiro atoms. The summed E-state index contributed by atoms with van der Waals surface area (Å²) in [5, 5.41) is 7.23. The van der Waals surface area contributed by atoms with Crippen LogP contribution >= 0.6 is 0 Å². The number of nitrogens with zero attached hydrogens (tertiary/aromatic N) is 4.